The Labute approximate surface area is 240 Å². The fourth-order valence-corrected chi connectivity index (χ4v) is 5.96. The van der Waals surface area contributed by atoms with E-state index >= 15 is 0 Å². The van der Waals surface area contributed by atoms with Crippen molar-refractivity contribution in [1.29, 1.82) is 0 Å². The Balaban J connectivity index is 1.48. The maximum absolute atomic E-state index is 12.4. The lowest BCUT2D eigenvalue weighted by atomic mass is 10.1. The molecule has 0 unspecified atom stereocenters. The van der Waals surface area contributed by atoms with Crippen LogP contribution in [0.2, 0.25) is 5.02 Å². The zero-order chi connectivity index (χ0) is 28.8. The number of pyridine rings is 1. The van der Waals surface area contributed by atoms with E-state index in [-0.39, 0.29) is 11.6 Å². The number of aryl methyl sites for hydroxylation is 2. The maximum Gasteiger partial charge on any atom is 0.407 e. The topological polar surface area (TPSA) is 133 Å². The molecule has 5 rings (SSSR count). The number of carbonyl (C=O) groups excluding carboxylic acids is 1. The first kappa shape index (κ1) is 28.0. The van der Waals surface area contributed by atoms with Gasteiger partial charge in [-0.3, -0.25) is 4.98 Å². The summed E-state index contributed by atoms with van der Waals surface area (Å²) in [4.78, 5) is 44.6. The van der Waals surface area contributed by atoms with Gasteiger partial charge in [0.2, 0.25) is 0 Å². The van der Waals surface area contributed by atoms with Gasteiger partial charge in [0.15, 0.2) is 5.16 Å². The molecule has 0 radical (unpaired) electrons. The number of H-pyrrole nitrogens is 1. The molecule has 0 aliphatic carbocycles. The summed E-state index contributed by atoms with van der Waals surface area (Å²) >= 11 is 8.11. The first-order chi connectivity index (χ1) is 18.9. The van der Waals surface area contributed by atoms with Crippen LogP contribution in [-0.2, 0) is 11.2 Å². The minimum absolute atomic E-state index is 0.106. The first-order valence-electron chi connectivity index (χ1n) is 13.1. The number of carboxylic acids is 1. The number of aromatic carboxylic acids is 1. The predicted molar refractivity (Wildman–Crippen MR) is 156 cm³/mol. The monoisotopic (exact) mass is 582 g/mol. The summed E-state index contributed by atoms with van der Waals surface area (Å²) in [7, 11) is 0. The highest BCUT2D eigenvalue weighted by Gasteiger charge is 2.30. The highest BCUT2D eigenvalue weighted by molar-refractivity contribution is 7.99. The van der Waals surface area contributed by atoms with Crippen LogP contribution in [0.4, 0.5) is 10.6 Å². The summed E-state index contributed by atoms with van der Waals surface area (Å²) in [6.45, 7) is 10.5. The van der Waals surface area contributed by atoms with Crippen molar-refractivity contribution in [3.05, 3.63) is 46.2 Å². The Morgan fingerprint density at radius 3 is 2.73 bits per heavy atom. The number of rotatable bonds is 6. The normalized spacial score (nSPS) is 15.7. The average Bonchev–Trinajstić information content (AvgIpc) is 3.46. The number of aromatic amines is 1. The third kappa shape index (κ3) is 5.80. The molecule has 1 aliphatic heterocycles. The van der Waals surface area contributed by atoms with Crippen molar-refractivity contribution in [3.8, 4) is 0 Å². The molecule has 1 aliphatic rings. The summed E-state index contributed by atoms with van der Waals surface area (Å²) in [5.41, 5.74) is 2.38. The molecule has 12 heteroatoms. The number of nitrogens with one attached hydrogen (secondary N) is 2. The quantitative estimate of drug-likeness (QED) is 0.235. The highest BCUT2D eigenvalue weighted by atomic mass is 35.5. The Morgan fingerprint density at radius 2 is 2.02 bits per heavy atom. The molecule has 1 fully saturated rings. The number of fused-ring (bicyclic) bond motifs is 2. The van der Waals surface area contributed by atoms with Crippen LogP contribution in [0.1, 0.15) is 55.9 Å². The number of carboxylic acid groups (broad SMARTS) is 1. The zero-order valence-electron chi connectivity index (χ0n) is 23.0. The number of carbonyl (C=O) groups is 2. The number of hydrogen-bond acceptors (Lipinski definition) is 8. The van der Waals surface area contributed by atoms with Gasteiger partial charge in [0.05, 0.1) is 27.5 Å². The van der Waals surface area contributed by atoms with E-state index in [1.165, 1.54) is 11.8 Å². The second kappa shape index (κ2) is 10.8. The lowest BCUT2D eigenvalue weighted by molar-refractivity contribution is 0.0508. The average molecular weight is 583 g/mol. The second-order valence-electron chi connectivity index (χ2n) is 10.8. The Kier molecular flexibility index (Phi) is 7.54. The predicted octanol–water partition coefficient (Wildman–Crippen LogP) is 5.98. The molecule has 0 spiro atoms. The number of alkyl carbamates (subject to hydrolysis) is 1. The van der Waals surface area contributed by atoms with Gasteiger partial charge in [-0.2, -0.15) is 0 Å². The van der Waals surface area contributed by atoms with Crippen LogP contribution in [0.5, 0.6) is 0 Å². The summed E-state index contributed by atoms with van der Waals surface area (Å²) in [6, 6.07) is 6.96. The van der Waals surface area contributed by atoms with Crippen LogP contribution < -0.4 is 10.2 Å². The number of nitrogens with zero attached hydrogens (tertiary/aromatic N) is 4. The van der Waals surface area contributed by atoms with E-state index in [4.69, 9.17) is 26.3 Å². The Bertz CT molecular complexity index is 1630. The Hall–Kier alpha value is -3.57. The van der Waals surface area contributed by atoms with Crippen LogP contribution >= 0.6 is 23.4 Å². The first-order valence-corrected chi connectivity index (χ1v) is 14.3. The molecular formula is C28H31ClN6O4S. The molecule has 0 bridgehead atoms. The minimum atomic E-state index is -1.01. The van der Waals surface area contributed by atoms with Gasteiger partial charge in [0, 0.05) is 34.8 Å². The minimum Gasteiger partial charge on any atom is -0.478 e. The van der Waals surface area contributed by atoms with Crippen LogP contribution in [0.3, 0.4) is 0 Å². The van der Waals surface area contributed by atoms with Crippen molar-refractivity contribution < 1.29 is 19.4 Å². The molecule has 1 amide bonds. The summed E-state index contributed by atoms with van der Waals surface area (Å²) in [5, 5.41) is 15.1. The number of aromatic nitrogens is 4. The molecular weight excluding hydrogens is 552 g/mol. The second-order valence-corrected chi connectivity index (χ2v) is 12.2. The van der Waals surface area contributed by atoms with E-state index in [0.29, 0.717) is 57.8 Å². The number of hydrogen-bond donors (Lipinski definition) is 3. The van der Waals surface area contributed by atoms with Crippen molar-refractivity contribution in [2.45, 2.75) is 69.2 Å². The molecule has 210 valence electrons. The third-order valence-electron chi connectivity index (χ3n) is 6.53. The largest absolute Gasteiger partial charge is 0.478 e. The highest BCUT2D eigenvalue weighted by Crippen LogP contribution is 2.38. The van der Waals surface area contributed by atoms with Crippen molar-refractivity contribution in [2.24, 2.45) is 0 Å². The van der Waals surface area contributed by atoms with Crippen molar-refractivity contribution >= 4 is 63.2 Å². The lowest BCUT2D eigenvalue weighted by Crippen LogP contribution is -2.40. The molecule has 3 N–H and O–H groups in total. The van der Waals surface area contributed by atoms with Crippen molar-refractivity contribution in [1.82, 2.24) is 25.3 Å². The molecule has 1 saturated heterocycles. The number of ether oxygens (including phenoxy) is 1. The van der Waals surface area contributed by atoms with Crippen molar-refractivity contribution in [3.63, 3.8) is 0 Å². The van der Waals surface area contributed by atoms with E-state index < -0.39 is 17.7 Å². The summed E-state index contributed by atoms with van der Waals surface area (Å²) < 4.78 is 5.43. The molecule has 4 aromatic rings. The summed E-state index contributed by atoms with van der Waals surface area (Å²) in [6.07, 6.45) is 0.984. The standard InChI is InChI=1S/C28H31ClN6O4S/c1-6-19-22(29)21-23(32-19)33-26(34-24(21)35-10-9-15(13-35)31-27(38)39-28(3,4)5)40-16-7-8-20-17(12-16)18(25(36)37)11-14(2)30-20/h7-8,11-12,15H,6,9-10,13H2,1-5H3,(H,31,38)(H,36,37)(H,32,33,34)/t15-/m1/s1. The van der Waals surface area contributed by atoms with Gasteiger partial charge < -0.3 is 25.0 Å². The fraction of sp³-hybridized carbons (Fsp3) is 0.393. The fourth-order valence-electron chi connectivity index (χ4n) is 4.82. The smallest absolute Gasteiger partial charge is 0.407 e. The van der Waals surface area contributed by atoms with Crippen LogP contribution in [0, 0.1) is 6.92 Å². The van der Waals surface area contributed by atoms with Gasteiger partial charge in [-0.15, -0.1) is 0 Å². The van der Waals surface area contributed by atoms with Crippen LogP contribution in [0.15, 0.2) is 34.3 Å². The van der Waals surface area contributed by atoms with E-state index in [1.807, 2.05) is 39.8 Å². The van der Waals surface area contributed by atoms with Gasteiger partial charge in [-0.1, -0.05) is 18.5 Å². The van der Waals surface area contributed by atoms with Gasteiger partial charge in [0.1, 0.15) is 17.1 Å². The van der Waals surface area contributed by atoms with E-state index in [9.17, 15) is 14.7 Å². The molecule has 1 aromatic carbocycles. The number of amides is 1. The number of anilines is 1. The molecule has 10 nitrogen and oxygen atoms in total. The Morgan fingerprint density at radius 1 is 1.25 bits per heavy atom. The summed E-state index contributed by atoms with van der Waals surface area (Å²) in [5.74, 6) is -0.319. The number of benzene rings is 1. The zero-order valence-corrected chi connectivity index (χ0v) is 24.5. The van der Waals surface area contributed by atoms with Gasteiger partial charge >= 0.3 is 12.1 Å². The van der Waals surface area contributed by atoms with Crippen LogP contribution in [0.25, 0.3) is 21.9 Å². The molecule has 4 heterocycles. The molecule has 1 atom stereocenters. The SMILES string of the molecule is CCc1[nH]c2nc(Sc3ccc4nc(C)cc(C(=O)O)c4c3)nc(N3CC[C@@H](NC(=O)OC(C)(C)C)C3)c2c1Cl. The van der Waals surface area contributed by atoms with Crippen molar-refractivity contribution in [2.75, 3.05) is 18.0 Å². The van der Waals surface area contributed by atoms with Crippen LogP contribution in [-0.4, -0.2) is 61.8 Å². The van der Waals surface area contributed by atoms with E-state index in [2.05, 4.69) is 20.2 Å². The molecule has 0 saturated carbocycles. The van der Waals surface area contributed by atoms with E-state index in [1.54, 1.807) is 19.1 Å². The van der Waals surface area contributed by atoms with E-state index in [0.717, 1.165) is 22.4 Å². The molecule has 40 heavy (non-hydrogen) atoms. The lowest BCUT2D eigenvalue weighted by Gasteiger charge is -2.22. The van der Waals surface area contributed by atoms with Gasteiger partial charge in [0.25, 0.3) is 0 Å². The van der Waals surface area contributed by atoms with Gasteiger partial charge in [-0.25, -0.2) is 19.6 Å². The maximum atomic E-state index is 12.4. The number of halogens is 1. The third-order valence-corrected chi connectivity index (χ3v) is 7.80. The van der Waals surface area contributed by atoms with Gasteiger partial charge in [-0.05, 0) is 76.6 Å². The molecule has 3 aromatic heterocycles.